The molecule has 0 spiro atoms. The summed E-state index contributed by atoms with van der Waals surface area (Å²) < 4.78 is 0. The van der Waals surface area contributed by atoms with E-state index in [0.29, 0.717) is 5.56 Å². The summed E-state index contributed by atoms with van der Waals surface area (Å²) in [5.74, 6) is 0. The Bertz CT molecular complexity index is 853. The zero-order chi connectivity index (χ0) is 23.2. The van der Waals surface area contributed by atoms with Crippen LogP contribution in [0.1, 0.15) is 88.0 Å². The summed E-state index contributed by atoms with van der Waals surface area (Å²) in [6.45, 7) is 12.8. The highest BCUT2D eigenvalue weighted by Gasteiger charge is 2.28. The van der Waals surface area contributed by atoms with Crippen molar-refractivity contribution in [3.05, 3.63) is 76.4 Å². The van der Waals surface area contributed by atoms with Gasteiger partial charge in [0.1, 0.15) is 0 Å². The Kier molecular flexibility index (Phi) is 8.65. The zero-order valence-corrected chi connectivity index (χ0v) is 20.0. The van der Waals surface area contributed by atoms with Gasteiger partial charge in [0.05, 0.1) is 6.10 Å². The van der Waals surface area contributed by atoms with Gasteiger partial charge in [0, 0.05) is 5.56 Å². The molecule has 0 aliphatic heterocycles. The van der Waals surface area contributed by atoms with E-state index in [1.54, 1.807) is 12.1 Å². The molecule has 0 aliphatic rings. The Morgan fingerprint density at radius 2 is 1.52 bits per heavy atom. The third-order valence-electron chi connectivity index (χ3n) is 6.75. The standard InChI is InChI=1S/C28H40O3/c1-7-28(8-2,18-17-21-9-11-23(12-10-21)26(30)31)24-15-13-22(20(3)19-24)14-16-25(29)27(4,5)6/h9-16,19,25-26,29-31H,7-8,17-18H2,1-6H3. The first-order valence-corrected chi connectivity index (χ1v) is 11.4. The molecule has 0 saturated heterocycles. The van der Waals surface area contributed by atoms with Crippen molar-refractivity contribution in [2.45, 2.75) is 85.0 Å². The number of rotatable bonds is 9. The molecule has 0 heterocycles. The fourth-order valence-corrected chi connectivity index (χ4v) is 4.07. The Morgan fingerprint density at radius 3 is 2.00 bits per heavy atom. The molecular formula is C28H40O3. The minimum absolute atomic E-state index is 0.104. The highest BCUT2D eigenvalue weighted by molar-refractivity contribution is 5.55. The topological polar surface area (TPSA) is 60.7 Å². The Balaban J connectivity index is 2.21. The number of hydrogen-bond acceptors (Lipinski definition) is 3. The first-order chi connectivity index (χ1) is 14.5. The highest BCUT2D eigenvalue weighted by atomic mass is 16.5. The van der Waals surface area contributed by atoms with Gasteiger partial charge < -0.3 is 15.3 Å². The van der Waals surface area contributed by atoms with Gasteiger partial charge in [-0.05, 0) is 65.7 Å². The third kappa shape index (κ3) is 6.52. The minimum Gasteiger partial charge on any atom is -0.388 e. The molecule has 0 bridgehead atoms. The Labute approximate surface area is 188 Å². The number of benzene rings is 2. The van der Waals surface area contributed by atoms with E-state index in [4.69, 9.17) is 0 Å². The van der Waals surface area contributed by atoms with Crippen molar-refractivity contribution in [3.63, 3.8) is 0 Å². The van der Waals surface area contributed by atoms with Crippen LogP contribution in [0.25, 0.3) is 6.08 Å². The van der Waals surface area contributed by atoms with E-state index < -0.39 is 12.4 Å². The molecule has 0 aliphatic carbocycles. The number of hydrogen-bond donors (Lipinski definition) is 3. The predicted octanol–water partition coefficient (Wildman–Crippen LogP) is 6.09. The van der Waals surface area contributed by atoms with Gasteiger partial charge in [-0.25, -0.2) is 0 Å². The Hall–Kier alpha value is -1.94. The van der Waals surface area contributed by atoms with Crippen molar-refractivity contribution in [2.75, 3.05) is 0 Å². The molecule has 3 heteroatoms. The lowest BCUT2D eigenvalue weighted by atomic mass is 9.71. The van der Waals surface area contributed by atoms with Gasteiger partial charge in [-0.3, -0.25) is 0 Å². The number of aryl methyl sites for hydroxylation is 2. The van der Waals surface area contributed by atoms with Crippen LogP contribution in [0.15, 0.2) is 48.5 Å². The van der Waals surface area contributed by atoms with Crippen LogP contribution in [0.5, 0.6) is 0 Å². The van der Waals surface area contributed by atoms with Crippen LogP contribution in [0, 0.1) is 12.3 Å². The predicted molar refractivity (Wildman–Crippen MR) is 130 cm³/mol. The maximum Gasteiger partial charge on any atom is 0.178 e. The van der Waals surface area contributed by atoms with Crippen LogP contribution in [-0.2, 0) is 11.8 Å². The van der Waals surface area contributed by atoms with E-state index in [-0.39, 0.29) is 10.8 Å². The zero-order valence-electron chi connectivity index (χ0n) is 20.0. The van der Waals surface area contributed by atoms with Crippen molar-refractivity contribution in [3.8, 4) is 0 Å². The van der Waals surface area contributed by atoms with Gasteiger partial charge >= 0.3 is 0 Å². The van der Waals surface area contributed by atoms with Crippen LogP contribution >= 0.6 is 0 Å². The van der Waals surface area contributed by atoms with Crippen molar-refractivity contribution in [1.29, 1.82) is 0 Å². The largest absolute Gasteiger partial charge is 0.388 e. The molecule has 3 nitrogen and oxygen atoms in total. The molecule has 31 heavy (non-hydrogen) atoms. The van der Waals surface area contributed by atoms with Crippen LogP contribution in [-0.4, -0.2) is 21.4 Å². The molecule has 0 radical (unpaired) electrons. The first-order valence-electron chi connectivity index (χ1n) is 11.4. The van der Waals surface area contributed by atoms with E-state index in [2.05, 4.69) is 39.0 Å². The van der Waals surface area contributed by atoms with Gasteiger partial charge in [-0.1, -0.05) is 89.2 Å². The summed E-state index contributed by atoms with van der Waals surface area (Å²) in [6, 6.07) is 14.3. The van der Waals surface area contributed by atoms with Gasteiger partial charge in [0.25, 0.3) is 0 Å². The lowest BCUT2D eigenvalue weighted by Crippen LogP contribution is -2.25. The van der Waals surface area contributed by atoms with Crippen LogP contribution in [0.3, 0.4) is 0 Å². The normalized spacial score (nSPS) is 13.9. The van der Waals surface area contributed by atoms with Crippen molar-refractivity contribution >= 4 is 6.08 Å². The van der Waals surface area contributed by atoms with Gasteiger partial charge in [0.2, 0.25) is 0 Å². The van der Waals surface area contributed by atoms with Gasteiger partial charge in [0.15, 0.2) is 6.29 Å². The van der Waals surface area contributed by atoms with E-state index in [1.165, 1.54) is 16.7 Å². The number of aliphatic hydroxyl groups is 3. The fourth-order valence-electron chi connectivity index (χ4n) is 4.07. The van der Waals surface area contributed by atoms with Crippen LogP contribution < -0.4 is 0 Å². The number of aliphatic hydroxyl groups excluding tert-OH is 2. The molecule has 170 valence electrons. The fraction of sp³-hybridized carbons (Fsp3) is 0.500. The summed E-state index contributed by atoms with van der Waals surface area (Å²) in [5, 5.41) is 28.9. The minimum atomic E-state index is -1.42. The summed E-state index contributed by atoms with van der Waals surface area (Å²) in [7, 11) is 0. The summed E-state index contributed by atoms with van der Waals surface area (Å²) in [4.78, 5) is 0. The SMILES string of the molecule is CCC(CC)(CCc1ccc(C(O)O)cc1)c1ccc(C=CC(O)C(C)(C)C)c(C)c1. The molecule has 3 N–H and O–H groups in total. The lowest BCUT2D eigenvalue weighted by molar-refractivity contribution is -0.0424. The van der Waals surface area contributed by atoms with E-state index >= 15 is 0 Å². The van der Waals surface area contributed by atoms with Crippen molar-refractivity contribution < 1.29 is 15.3 Å². The monoisotopic (exact) mass is 424 g/mol. The van der Waals surface area contributed by atoms with Gasteiger partial charge in [-0.15, -0.1) is 0 Å². The van der Waals surface area contributed by atoms with Crippen LogP contribution in [0.4, 0.5) is 0 Å². The second-order valence-electron chi connectivity index (χ2n) is 9.84. The summed E-state index contributed by atoms with van der Waals surface area (Å²) in [5.41, 5.74) is 5.41. The molecule has 1 unspecified atom stereocenters. The molecule has 2 aromatic rings. The lowest BCUT2D eigenvalue weighted by Gasteiger charge is -2.33. The van der Waals surface area contributed by atoms with Crippen molar-refractivity contribution in [1.82, 2.24) is 0 Å². The average molecular weight is 425 g/mol. The second-order valence-corrected chi connectivity index (χ2v) is 9.84. The Morgan fingerprint density at radius 1 is 0.903 bits per heavy atom. The van der Waals surface area contributed by atoms with Gasteiger partial charge in [-0.2, -0.15) is 0 Å². The molecular weight excluding hydrogens is 384 g/mol. The average Bonchev–Trinajstić information content (AvgIpc) is 2.73. The smallest absolute Gasteiger partial charge is 0.178 e. The first kappa shape index (κ1) is 25.3. The quantitative estimate of drug-likeness (QED) is 0.427. The second kappa shape index (κ2) is 10.6. The highest BCUT2D eigenvalue weighted by Crippen LogP contribution is 2.37. The third-order valence-corrected chi connectivity index (χ3v) is 6.75. The van der Waals surface area contributed by atoms with Crippen LogP contribution in [0.2, 0.25) is 0 Å². The molecule has 0 amide bonds. The van der Waals surface area contributed by atoms with E-state index in [9.17, 15) is 15.3 Å². The molecule has 0 aromatic heterocycles. The molecule has 0 saturated carbocycles. The molecule has 0 fully saturated rings. The maximum absolute atomic E-state index is 10.3. The molecule has 1 atom stereocenters. The van der Waals surface area contributed by atoms with E-state index in [1.807, 2.05) is 45.1 Å². The molecule has 2 aromatic carbocycles. The summed E-state index contributed by atoms with van der Waals surface area (Å²) >= 11 is 0. The van der Waals surface area contributed by atoms with Crippen molar-refractivity contribution in [2.24, 2.45) is 5.41 Å². The summed E-state index contributed by atoms with van der Waals surface area (Å²) in [6.07, 6.45) is 6.14. The van der Waals surface area contributed by atoms with E-state index in [0.717, 1.165) is 31.2 Å². The molecule has 2 rings (SSSR count). The maximum atomic E-state index is 10.3.